The van der Waals surface area contributed by atoms with Crippen molar-refractivity contribution in [3.63, 3.8) is 0 Å². The fraction of sp³-hybridized carbons (Fsp3) is 0.667. The first-order valence-corrected chi connectivity index (χ1v) is 8.49. The molecule has 0 amide bonds. The third-order valence-corrected chi connectivity index (χ3v) is 4.60. The Kier molecular flexibility index (Phi) is 5.28. The van der Waals surface area contributed by atoms with Crippen LogP contribution < -0.4 is 5.32 Å². The van der Waals surface area contributed by atoms with Crippen LogP contribution in [0.15, 0.2) is 24.3 Å². The van der Waals surface area contributed by atoms with E-state index in [1.165, 1.54) is 24.0 Å². The summed E-state index contributed by atoms with van der Waals surface area (Å²) in [6, 6.07) is 9.74. The Bertz CT molecular complexity index is 445. The van der Waals surface area contributed by atoms with Crippen LogP contribution in [0.1, 0.15) is 37.3 Å². The van der Waals surface area contributed by atoms with Gasteiger partial charge in [-0.25, -0.2) is 0 Å². The van der Waals surface area contributed by atoms with Gasteiger partial charge in [-0.1, -0.05) is 31.2 Å². The molecule has 0 bridgehead atoms. The Morgan fingerprint density at radius 1 is 1.24 bits per heavy atom. The minimum atomic E-state index is 0.419. The summed E-state index contributed by atoms with van der Waals surface area (Å²) in [6.45, 7) is 7.41. The number of nitrogens with one attached hydrogen (secondary N) is 1. The smallest absolute Gasteiger partial charge is 0.0700 e. The maximum Gasteiger partial charge on any atom is 0.0700 e. The van der Waals surface area contributed by atoms with E-state index in [4.69, 9.17) is 4.74 Å². The molecule has 1 unspecified atom stereocenters. The Balaban J connectivity index is 1.55. The van der Waals surface area contributed by atoms with Crippen molar-refractivity contribution in [1.82, 2.24) is 10.2 Å². The summed E-state index contributed by atoms with van der Waals surface area (Å²) in [6.07, 6.45) is 5.42. The summed E-state index contributed by atoms with van der Waals surface area (Å²) < 4.78 is 5.77. The van der Waals surface area contributed by atoms with Crippen molar-refractivity contribution in [2.75, 3.05) is 26.2 Å². The Morgan fingerprint density at radius 3 is 2.81 bits per heavy atom. The summed E-state index contributed by atoms with van der Waals surface area (Å²) in [4.78, 5) is 2.55. The van der Waals surface area contributed by atoms with Gasteiger partial charge in [-0.2, -0.15) is 0 Å². The second kappa shape index (κ2) is 7.39. The van der Waals surface area contributed by atoms with E-state index in [1.54, 1.807) is 0 Å². The molecule has 3 nitrogen and oxygen atoms in total. The lowest BCUT2D eigenvalue weighted by molar-refractivity contribution is -0.0325. The van der Waals surface area contributed by atoms with Crippen molar-refractivity contribution in [3.8, 4) is 0 Å². The molecule has 1 saturated carbocycles. The van der Waals surface area contributed by atoms with Crippen LogP contribution in [0.3, 0.4) is 0 Å². The molecule has 2 aliphatic rings. The number of hydrogen-bond donors (Lipinski definition) is 1. The largest absolute Gasteiger partial charge is 0.376 e. The quantitative estimate of drug-likeness (QED) is 0.834. The molecule has 1 heterocycles. The number of morpholine rings is 1. The van der Waals surface area contributed by atoms with Gasteiger partial charge in [0.15, 0.2) is 0 Å². The number of rotatable bonds is 7. The van der Waals surface area contributed by atoms with Crippen LogP contribution >= 0.6 is 0 Å². The summed E-state index contributed by atoms with van der Waals surface area (Å²) in [7, 11) is 0. The molecule has 1 N–H and O–H groups in total. The van der Waals surface area contributed by atoms with Gasteiger partial charge in [0.05, 0.1) is 12.7 Å². The van der Waals surface area contributed by atoms with Gasteiger partial charge >= 0.3 is 0 Å². The standard InChI is InChI=1S/C18H28N2O/c1-2-18-14-20(11-12-21-18)13-16-6-4-3-5-15(16)9-10-19-17-7-8-17/h3-6,17-19H,2,7-14H2,1H3. The topological polar surface area (TPSA) is 24.5 Å². The van der Waals surface area contributed by atoms with E-state index in [9.17, 15) is 0 Å². The van der Waals surface area contributed by atoms with Crippen molar-refractivity contribution >= 4 is 0 Å². The highest BCUT2D eigenvalue weighted by atomic mass is 16.5. The molecule has 1 aromatic carbocycles. The molecular formula is C18H28N2O. The van der Waals surface area contributed by atoms with E-state index in [1.807, 2.05) is 0 Å². The molecule has 1 atom stereocenters. The zero-order valence-electron chi connectivity index (χ0n) is 13.2. The zero-order valence-corrected chi connectivity index (χ0v) is 13.2. The molecular weight excluding hydrogens is 260 g/mol. The summed E-state index contributed by atoms with van der Waals surface area (Å²) in [5.74, 6) is 0. The first-order valence-electron chi connectivity index (χ1n) is 8.49. The highest BCUT2D eigenvalue weighted by Gasteiger charge is 2.21. The lowest BCUT2D eigenvalue weighted by Gasteiger charge is -2.33. The maximum absolute atomic E-state index is 5.77. The summed E-state index contributed by atoms with van der Waals surface area (Å²) in [5, 5.41) is 3.62. The minimum Gasteiger partial charge on any atom is -0.376 e. The van der Waals surface area contributed by atoms with Crippen molar-refractivity contribution in [2.24, 2.45) is 0 Å². The predicted octanol–water partition coefficient (Wildman–Crippen LogP) is 2.59. The molecule has 0 aromatic heterocycles. The molecule has 21 heavy (non-hydrogen) atoms. The lowest BCUT2D eigenvalue weighted by Crippen LogP contribution is -2.41. The molecule has 1 saturated heterocycles. The van der Waals surface area contributed by atoms with E-state index in [2.05, 4.69) is 41.4 Å². The predicted molar refractivity (Wildman–Crippen MR) is 86.5 cm³/mol. The van der Waals surface area contributed by atoms with Crippen LogP contribution in [0.4, 0.5) is 0 Å². The van der Waals surface area contributed by atoms with Crippen LogP contribution in [0, 0.1) is 0 Å². The minimum absolute atomic E-state index is 0.419. The van der Waals surface area contributed by atoms with Gasteiger partial charge in [0.25, 0.3) is 0 Å². The number of ether oxygens (including phenoxy) is 1. The van der Waals surface area contributed by atoms with Gasteiger partial charge in [0.2, 0.25) is 0 Å². The Morgan fingerprint density at radius 2 is 2.05 bits per heavy atom. The number of nitrogens with zero attached hydrogens (tertiary/aromatic N) is 1. The van der Waals surface area contributed by atoms with E-state index < -0.39 is 0 Å². The van der Waals surface area contributed by atoms with Crippen LogP contribution in [0.25, 0.3) is 0 Å². The van der Waals surface area contributed by atoms with E-state index in [0.29, 0.717) is 6.10 Å². The van der Waals surface area contributed by atoms with E-state index in [-0.39, 0.29) is 0 Å². The van der Waals surface area contributed by atoms with Crippen LogP contribution in [-0.4, -0.2) is 43.3 Å². The SMILES string of the molecule is CCC1CN(Cc2ccccc2CCNC2CC2)CCO1. The van der Waals surface area contributed by atoms with Crippen LogP contribution in [0.2, 0.25) is 0 Å². The number of benzene rings is 1. The van der Waals surface area contributed by atoms with E-state index in [0.717, 1.165) is 51.7 Å². The Labute approximate surface area is 128 Å². The normalized spacial score (nSPS) is 23.4. The van der Waals surface area contributed by atoms with Gasteiger partial charge in [-0.3, -0.25) is 4.90 Å². The van der Waals surface area contributed by atoms with Gasteiger partial charge < -0.3 is 10.1 Å². The average molecular weight is 288 g/mol. The third kappa shape index (κ3) is 4.53. The maximum atomic E-state index is 5.77. The first kappa shape index (κ1) is 15.0. The first-order chi connectivity index (χ1) is 10.3. The fourth-order valence-corrected chi connectivity index (χ4v) is 3.07. The fourth-order valence-electron chi connectivity index (χ4n) is 3.07. The molecule has 116 valence electrons. The van der Waals surface area contributed by atoms with Crippen molar-refractivity contribution < 1.29 is 4.74 Å². The second-order valence-corrected chi connectivity index (χ2v) is 6.38. The van der Waals surface area contributed by atoms with Gasteiger partial charge in [-0.15, -0.1) is 0 Å². The summed E-state index contributed by atoms with van der Waals surface area (Å²) >= 11 is 0. The van der Waals surface area contributed by atoms with Crippen molar-refractivity contribution in [2.45, 2.75) is 51.3 Å². The monoisotopic (exact) mass is 288 g/mol. The van der Waals surface area contributed by atoms with Gasteiger partial charge in [-0.05, 0) is 43.4 Å². The molecule has 1 aromatic rings. The van der Waals surface area contributed by atoms with Gasteiger partial charge in [0.1, 0.15) is 0 Å². The van der Waals surface area contributed by atoms with Crippen molar-refractivity contribution in [3.05, 3.63) is 35.4 Å². The highest BCUT2D eigenvalue weighted by Crippen LogP contribution is 2.19. The average Bonchev–Trinajstić information content (AvgIpc) is 3.33. The second-order valence-electron chi connectivity index (χ2n) is 6.38. The van der Waals surface area contributed by atoms with E-state index >= 15 is 0 Å². The molecule has 1 aliphatic carbocycles. The van der Waals surface area contributed by atoms with Crippen LogP contribution in [0.5, 0.6) is 0 Å². The molecule has 1 aliphatic heterocycles. The lowest BCUT2D eigenvalue weighted by atomic mass is 10.0. The number of hydrogen-bond acceptors (Lipinski definition) is 3. The molecule has 0 radical (unpaired) electrons. The highest BCUT2D eigenvalue weighted by molar-refractivity contribution is 5.27. The summed E-state index contributed by atoms with van der Waals surface area (Å²) in [5.41, 5.74) is 3.00. The molecule has 3 heteroatoms. The molecule has 0 spiro atoms. The molecule has 3 rings (SSSR count). The zero-order chi connectivity index (χ0) is 14.5. The van der Waals surface area contributed by atoms with Gasteiger partial charge in [0, 0.05) is 25.7 Å². The third-order valence-electron chi connectivity index (χ3n) is 4.60. The van der Waals surface area contributed by atoms with Crippen LogP contribution in [-0.2, 0) is 17.7 Å². The Hall–Kier alpha value is -0.900. The molecule has 2 fully saturated rings. The van der Waals surface area contributed by atoms with Crippen molar-refractivity contribution in [1.29, 1.82) is 0 Å².